The molecule has 0 N–H and O–H groups in total. The highest BCUT2D eigenvalue weighted by Gasteiger charge is 2.36. The number of nitrogens with zero attached hydrogens (tertiary/aromatic N) is 1. The first kappa shape index (κ1) is 18.1. The van der Waals surface area contributed by atoms with Crippen molar-refractivity contribution < 1.29 is 9.53 Å². The van der Waals surface area contributed by atoms with Gasteiger partial charge in [0.25, 0.3) is 0 Å². The molecule has 3 nitrogen and oxygen atoms in total. The smallest absolute Gasteiger partial charge is 0.238 e. The van der Waals surface area contributed by atoms with Crippen molar-refractivity contribution in [2.75, 3.05) is 17.3 Å². The Hall–Kier alpha value is -0.690. The Bertz CT molecular complexity index is 770. The third-order valence-corrected chi connectivity index (χ3v) is 6.06. The summed E-state index contributed by atoms with van der Waals surface area (Å²) in [5, 5.41) is 0.504. The molecule has 1 saturated heterocycles. The van der Waals surface area contributed by atoms with Gasteiger partial charge in [0.15, 0.2) is 0 Å². The largest absolute Gasteiger partial charge is 0.492 e. The van der Waals surface area contributed by atoms with E-state index in [0.717, 1.165) is 25.9 Å². The van der Waals surface area contributed by atoms with E-state index in [1.54, 1.807) is 28.8 Å². The van der Waals surface area contributed by atoms with Gasteiger partial charge in [0, 0.05) is 20.7 Å². The lowest BCUT2D eigenvalue weighted by molar-refractivity contribution is -0.115. The van der Waals surface area contributed by atoms with Gasteiger partial charge in [-0.25, -0.2) is 0 Å². The minimum Gasteiger partial charge on any atom is -0.492 e. The fourth-order valence-corrected chi connectivity index (χ4v) is 5.28. The second-order valence-corrected chi connectivity index (χ2v) is 8.42. The summed E-state index contributed by atoms with van der Waals surface area (Å²) in [6, 6.07) is 11.3. The van der Waals surface area contributed by atoms with Crippen molar-refractivity contribution in [3.05, 3.63) is 55.9 Å². The van der Waals surface area contributed by atoms with Crippen LogP contribution in [0.4, 0.5) is 5.69 Å². The number of hydrogen-bond donors (Lipinski definition) is 0. The van der Waals surface area contributed by atoms with Crippen molar-refractivity contribution in [2.45, 2.75) is 12.3 Å². The summed E-state index contributed by atoms with van der Waals surface area (Å²) < 4.78 is 7.63. The Balaban J connectivity index is 2.07. The summed E-state index contributed by atoms with van der Waals surface area (Å²) >= 11 is 14.7. The van der Waals surface area contributed by atoms with Gasteiger partial charge in [-0.1, -0.05) is 27.5 Å². The number of hydrogen-bond acceptors (Lipinski definition) is 3. The molecule has 2 aromatic rings. The van der Waals surface area contributed by atoms with Crippen LogP contribution in [0.5, 0.6) is 5.75 Å². The van der Waals surface area contributed by atoms with Crippen molar-refractivity contribution in [1.82, 2.24) is 0 Å². The van der Waals surface area contributed by atoms with Crippen molar-refractivity contribution in [3.63, 3.8) is 0 Å². The predicted octanol–water partition coefficient (Wildman–Crippen LogP) is 6.04. The van der Waals surface area contributed by atoms with E-state index in [4.69, 9.17) is 16.3 Å². The molecule has 2 aromatic carbocycles. The first-order chi connectivity index (χ1) is 11.5. The number of rotatable bonds is 4. The molecule has 0 aromatic heterocycles. The third kappa shape index (κ3) is 3.62. The van der Waals surface area contributed by atoms with Crippen molar-refractivity contribution in [2.24, 2.45) is 0 Å². The number of carbonyl (C=O) groups excluding carboxylic acids is 1. The topological polar surface area (TPSA) is 29.5 Å². The average molecular weight is 492 g/mol. The Labute approximate surface area is 167 Å². The molecular formula is C17H14Br2ClNO2S. The van der Waals surface area contributed by atoms with Crippen molar-refractivity contribution in [3.8, 4) is 5.75 Å². The molecule has 1 heterocycles. The van der Waals surface area contributed by atoms with Crippen LogP contribution in [0.15, 0.2) is 45.3 Å². The number of anilines is 1. The molecule has 1 amide bonds. The quantitative estimate of drug-likeness (QED) is 0.522. The first-order valence-electron chi connectivity index (χ1n) is 7.32. The van der Waals surface area contributed by atoms with E-state index in [1.165, 1.54) is 0 Å². The molecule has 1 aliphatic rings. The second-order valence-electron chi connectivity index (χ2n) is 5.14. The normalized spacial score (nSPS) is 17.4. The zero-order valence-corrected chi connectivity index (χ0v) is 17.5. The highest BCUT2D eigenvalue weighted by molar-refractivity contribution is 9.11. The van der Waals surface area contributed by atoms with Crippen LogP contribution in [-0.4, -0.2) is 18.3 Å². The van der Waals surface area contributed by atoms with E-state index in [0.29, 0.717) is 17.4 Å². The van der Waals surface area contributed by atoms with Crippen LogP contribution in [0, 0.1) is 0 Å². The Morgan fingerprint density at radius 2 is 2.00 bits per heavy atom. The van der Waals surface area contributed by atoms with E-state index in [9.17, 15) is 4.79 Å². The third-order valence-electron chi connectivity index (χ3n) is 3.56. The molecule has 0 saturated carbocycles. The lowest BCUT2D eigenvalue weighted by Crippen LogP contribution is -2.28. The maximum atomic E-state index is 12.5. The van der Waals surface area contributed by atoms with Gasteiger partial charge in [-0.05, 0) is 59.3 Å². The van der Waals surface area contributed by atoms with E-state index in [2.05, 4.69) is 31.9 Å². The van der Waals surface area contributed by atoms with Crippen LogP contribution < -0.4 is 9.64 Å². The lowest BCUT2D eigenvalue weighted by Gasteiger charge is -2.26. The van der Waals surface area contributed by atoms with Gasteiger partial charge in [-0.15, -0.1) is 11.8 Å². The summed E-state index contributed by atoms with van der Waals surface area (Å²) in [5.74, 6) is 1.28. The molecule has 7 heteroatoms. The van der Waals surface area contributed by atoms with E-state index in [1.807, 2.05) is 31.2 Å². The summed E-state index contributed by atoms with van der Waals surface area (Å²) in [7, 11) is 0. The van der Waals surface area contributed by atoms with Gasteiger partial charge >= 0.3 is 0 Å². The molecule has 1 atom stereocenters. The van der Waals surface area contributed by atoms with Crippen molar-refractivity contribution >= 4 is 66.8 Å². The molecule has 126 valence electrons. The second kappa shape index (κ2) is 7.68. The van der Waals surface area contributed by atoms with E-state index >= 15 is 0 Å². The van der Waals surface area contributed by atoms with Gasteiger partial charge < -0.3 is 4.74 Å². The van der Waals surface area contributed by atoms with Gasteiger partial charge in [-0.2, -0.15) is 0 Å². The fraction of sp³-hybridized carbons (Fsp3) is 0.235. The van der Waals surface area contributed by atoms with Crippen LogP contribution in [0.3, 0.4) is 0 Å². The maximum Gasteiger partial charge on any atom is 0.238 e. The molecule has 0 unspecified atom stereocenters. The van der Waals surface area contributed by atoms with Gasteiger partial charge in [-0.3, -0.25) is 9.69 Å². The SMILES string of the molecule is CCOc1c(Br)cc(Br)cc1[C@H]1SCC(=O)N1c1ccc(Cl)cc1. The summed E-state index contributed by atoms with van der Waals surface area (Å²) in [5.41, 5.74) is 1.79. The molecule has 24 heavy (non-hydrogen) atoms. The molecule has 1 aliphatic heterocycles. The number of carbonyl (C=O) groups is 1. The van der Waals surface area contributed by atoms with Crippen LogP contribution in [-0.2, 0) is 4.79 Å². The maximum absolute atomic E-state index is 12.5. The molecule has 0 aliphatic carbocycles. The van der Waals surface area contributed by atoms with Gasteiger partial charge in [0.05, 0.1) is 16.8 Å². The highest BCUT2D eigenvalue weighted by Crippen LogP contribution is 2.47. The van der Waals surface area contributed by atoms with Gasteiger partial charge in [0.2, 0.25) is 5.91 Å². The van der Waals surface area contributed by atoms with Crippen LogP contribution in [0.25, 0.3) is 0 Å². The first-order valence-corrected chi connectivity index (χ1v) is 10.3. The van der Waals surface area contributed by atoms with E-state index < -0.39 is 0 Å². The molecule has 0 spiro atoms. The molecular weight excluding hydrogens is 478 g/mol. The zero-order valence-electron chi connectivity index (χ0n) is 12.8. The minimum atomic E-state index is -0.144. The number of benzene rings is 2. The Kier molecular flexibility index (Phi) is 5.80. The van der Waals surface area contributed by atoms with Crippen LogP contribution in [0.1, 0.15) is 17.9 Å². The predicted molar refractivity (Wildman–Crippen MR) is 107 cm³/mol. The molecule has 3 rings (SSSR count). The lowest BCUT2D eigenvalue weighted by atomic mass is 10.1. The number of halogens is 3. The number of thioether (sulfide) groups is 1. The summed E-state index contributed by atoms with van der Waals surface area (Å²) in [6.45, 7) is 2.50. The van der Waals surface area contributed by atoms with E-state index in [-0.39, 0.29) is 11.3 Å². The zero-order chi connectivity index (χ0) is 17.3. The molecule has 0 bridgehead atoms. The number of amides is 1. The van der Waals surface area contributed by atoms with Gasteiger partial charge in [0.1, 0.15) is 11.1 Å². The van der Waals surface area contributed by atoms with Crippen LogP contribution in [0.2, 0.25) is 5.02 Å². The Morgan fingerprint density at radius 1 is 1.29 bits per heavy atom. The number of ether oxygens (including phenoxy) is 1. The highest BCUT2D eigenvalue weighted by atomic mass is 79.9. The minimum absolute atomic E-state index is 0.0749. The van der Waals surface area contributed by atoms with Crippen LogP contribution >= 0.6 is 55.2 Å². The summed E-state index contributed by atoms with van der Waals surface area (Å²) in [4.78, 5) is 14.3. The van der Waals surface area contributed by atoms with Crippen molar-refractivity contribution in [1.29, 1.82) is 0 Å². The monoisotopic (exact) mass is 489 g/mol. The molecule has 1 fully saturated rings. The standard InChI is InChI=1S/C17H14Br2ClNO2S/c1-2-23-16-13(7-10(18)8-14(16)19)17-21(15(22)9-24-17)12-5-3-11(20)4-6-12/h3-8,17H,2,9H2,1H3/t17-/m1/s1. The summed E-state index contributed by atoms with van der Waals surface area (Å²) in [6.07, 6.45) is 0. The fourth-order valence-electron chi connectivity index (χ4n) is 2.60. The Morgan fingerprint density at radius 3 is 2.67 bits per heavy atom. The molecule has 0 radical (unpaired) electrons. The average Bonchev–Trinajstić information content (AvgIpc) is 2.92.